The van der Waals surface area contributed by atoms with Crippen LogP contribution < -0.4 is 15.5 Å². The van der Waals surface area contributed by atoms with E-state index in [1.165, 1.54) is 7.11 Å². The molecule has 1 saturated heterocycles. The quantitative estimate of drug-likeness (QED) is 0.508. The van der Waals surface area contributed by atoms with Crippen LogP contribution in [0.5, 0.6) is 0 Å². The Labute approximate surface area is 204 Å². The van der Waals surface area contributed by atoms with Crippen LogP contribution in [0.1, 0.15) is 16.1 Å². The van der Waals surface area contributed by atoms with Gasteiger partial charge in [-0.3, -0.25) is 4.79 Å². The molecule has 1 aliphatic rings. The van der Waals surface area contributed by atoms with E-state index in [1.54, 1.807) is 24.2 Å². The monoisotopic (exact) mass is 475 g/mol. The van der Waals surface area contributed by atoms with Gasteiger partial charge in [-0.05, 0) is 29.3 Å². The molecule has 0 atom stereocenters. The summed E-state index contributed by atoms with van der Waals surface area (Å²) in [7, 11) is 3.09. The van der Waals surface area contributed by atoms with Crippen molar-refractivity contribution in [1.82, 2.24) is 19.9 Å². The van der Waals surface area contributed by atoms with Gasteiger partial charge in [-0.1, -0.05) is 18.2 Å². The Morgan fingerprint density at radius 1 is 1.00 bits per heavy atom. The van der Waals surface area contributed by atoms with Gasteiger partial charge in [0.05, 0.1) is 13.7 Å². The van der Waals surface area contributed by atoms with Crippen molar-refractivity contribution in [3.63, 3.8) is 0 Å². The summed E-state index contributed by atoms with van der Waals surface area (Å²) in [6.45, 7) is 3.54. The number of pyridine rings is 1. The lowest BCUT2D eigenvalue weighted by Gasteiger charge is -2.36. The average Bonchev–Trinajstić information content (AvgIpc) is 2.92. The molecule has 4 rings (SSSR count). The predicted octanol–water partition coefficient (Wildman–Crippen LogP) is 1.57. The molecular formula is C25H29N7O3. The van der Waals surface area contributed by atoms with Crippen LogP contribution in [0, 0.1) is 0 Å². The first-order valence-electron chi connectivity index (χ1n) is 11.4. The molecule has 0 unspecified atom stereocenters. The molecule has 0 bridgehead atoms. The third-order valence-electron chi connectivity index (χ3n) is 5.98. The van der Waals surface area contributed by atoms with Crippen molar-refractivity contribution in [3.05, 3.63) is 66.2 Å². The first-order valence-corrected chi connectivity index (χ1v) is 11.4. The summed E-state index contributed by atoms with van der Waals surface area (Å²) in [6.07, 6.45) is 5.28. The van der Waals surface area contributed by atoms with Crippen LogP contribution in [-0.2, 0) is 16.1 Å². The third-order valence-corrected chi connectivity index (χ3v) is 5.98. The zero-order valence-electron chi connectivity index (χ0n) is 19.9. The minimum Gasteiger partial charge on any atom is -0.464 e. The van der Waals surface area contributed by atoms with Gasteiger partial charge >= 0.3 is 5.97 Å². The molecule has 1 fully saturated rings. The Morgan fingerprint density at radius 2 is 1.71 bits per heavy atom. The third kappa shape index (κ3) is 5.72. The van der Waals surface area contributed by atoms with E-state index in [0.717, 1.165) is 48.6 Å². The van der Waals surface area contributed by atoms with Gasteiger partial charge in [-0.2, -0.15) is 0 Å². The number of hydrogen-bond donors (Lipinski definition) is 1. The molecule has 2 aromatic heterocycles. The second-order valence-corrected chi connectivity index (χ2v) is 8.29. The number of anilines is 2. The lowest BCUT2D eigenvalue weighted by atomic mass is 10.1. The Balaban J connectivity index is 1.39. The predicted molar refractivity (Wildman–Crippen MR) is 133 cm³/mol. The van der Waals surface area contributed by atoms with E-state index < -0.39 is 5.97 Å². The molecular weight excluding hydrogens is 446 g/mol. The molecule has 10 heteroatoms. The number of likely N-dealkylation sites (N-methyl/N-ethyl adjacent to an activating group) is 1. The Kier molecular flexibility index (Phi) is 7.51. The zero-order valence-corrected chi connectivity index (χ0v) is 19.9. The fourth-order valence-electron chi connectivity index (χ4n) is 4.00. The zero-order chi connectivity index (χ0) is 24.8. The van der Waals surface area contributed by atoms with Crippen LogP contribution >= 0.6 is 0 Å². The van der Waals surface area contributed by atoms with Crippen molar-refractivity contribution >= 4 is 23.5 Å². The Bertz CT molecular complexity index is 1180. The first-order chi connectivity index (χ1) is 17.0. The number of carbonyl (C=O) groups is 2. The summed E-state index contributed by atoms with van der Waals surface area (Å²) in [5.74, 6) is 0.138. The summed E-state index contributed by atoms with van der Waals surface area (Å²) in [6, 6.07) is 11.6. The number of hydrogen-bond acceptors (Lipinski definition) is 9. The molecule has 0 spiro atoms. The first kappa shape index (κ1) is 24.1. The van der Waals surface area contributed by atoms with Crippen LogP contribution in [0.25, 0.3) is 11.1 Å². The van der Waals surface area contributed by atoms with E-state index in [9.17, 15) is 9.59 Å². The molecule has 2 N–H and O–H groups in total. The fraction of sp³-hybridized carbons (Fsp3) is 0.320. The van der Waals surface area contributed by atoms with E-state index in [1.807, 2.05) is 42.7 Å². The number of nitrogens with zero attached hydrogens (tertiary/aromatic N) is 6. The normalized spacial score (nSPS) is 13.5. The van der Waals surface area contributed by atoms with Gasteiger partial charge in [0.1, 0.15) is 5.69 Å². The molecule has 35 heavy (non-hydrogen) atoms. The summed E-state index contributed by atoms with van der Waals surface area (Å²) in [5, 5.41) is 0. The van der Waals surface area contributed by atoms with Crippen molar-refractivity contribution in [2.45, 2.75) is 6.54 Å². The molecule has 0 saturated carbocycles. The highest BCUT2D eigenvalue weighted by molar-refractivity contribution is 5.88. The number of rotatable bonds is 7. The number of nitrogens with two attached hydrogens (primary N) is 1. The highest BCUT2D eigenvalue weighted by Gasteiger charge is 2.20. The maximum Gasteiger partial charge on any atom is 0.356 e. The lowest BCUT2D eigenvalue weighted by Crippen LogP contribution is -2.47. The van der Waals surface area contributed by atoms with Crippen molar-refractivity contribution in [1.29, 1.82) is 0 Å². The van der Waals surface area contributed by atoms with Crippen molar-refractivity contribution in [2.24, 2.45) is 5.73 Å². The molecule has 3 aromatic rings. The molecule has 1 aliphatic heterocycles. The topological polar surface area (TPSA) is 118 Å². The number of methoxy groups -OCH3 is 1. The molecule has 1 aromatic carbocycles. The summed E-state index contributed by atoms with van der Waals surface area (Å²) in [5.41, 5.74) is 9.60. The van der Waals surface area contributed by atoms with Crippen LogP contribution in [0.2, 0.25) is 0 Å². The largest absolute Gasteiger partial charge is 0.464 e. The summed E-state index contributed by atoms with van der Waals surface area (Å²) in [4.78, 5) is 42.8. The van der Waals surface area contributed by atoms with Gasteiger partial charge < -0.3 is 25.2 Å². The number of piperazine rings is 1. The van der Waals surface area contributed by atoms with Crippen LogP contribution in [-0.4, -0.2) is 78.6 Å². The van der Waals surface area contributed by atoms with Gasteiger partial charge in [0.25, 0.3) is 0 Å². The SMILES string of the molecule is COC(=O)c1cc(N2CCN(c3ncc(-c4cccc(CN(C)C(=O)CN)c4)cn3)CC2)ccn1. The van der Waals surface area contributed by atoms with Gasteiger partial charge in [-0.25, -0.2) is 19.7 Å². The maximum atomic E-state index is 11.8. The molecule has 0 aliphatic carbocycles. The van der Waals surface area contributed by atoms with Crippen LogP contribution in [0.4, 0.5) is 11.6 Å². The number of amides is 1. The fourth-order valence-corrected chi connectivity index (χ4v) is 4.00. The van der Waals surface area contributed by atoms with Gasteiger partial charge in [0.15, 0.2) is 0 Å². The van der Waals surface area contributed by atoms with E-state index >= 15 is 0 Å². The maximum absolute atomic E-state index is 11.8. The minimum atomic E-state index is -0.444. The van der Waals surface area contributed by atoms with Crippen LogP contribution in [0.15, 0.2) is 55.0 Å². The second-order valence-electron chi connectivity index (χ2n) is 8.29. The Hall–Kier alpha value is -4.05. The highest BCUT2D eigenvalue weighted by Crippen LogP contribution is 2.23. The number of esters is 1. The molecule has 3 heterocycles. The molecule has 182 valence electrons. The Morgan fingerprint density at radius 3 is 2.40 bits per heavy atom. The van der Waals surface area contributed by atoms with Gasteiger partial charge in [-0.15, -0.1) is 0 Å². The van der Waals surface area contributed by atoms with Crippen LogP contribution in [0.3, 0.4) is 0 Å². The van der Waals surface area contributed by atoms with Crippen molar-refractivity contribution in [3.8, 4) is 11.1 Å². The number of carbonyl (C=O) groups excluding carboxylic acids is 2. The molecule has 10 nitrogen and oxygen atoms in total. The molecule has 1 amide bonds. The van der Waals surface area contributed by atoms with E-state index in [2.05, 4.69) is 24.8 Å². The van der Waals surface area contributed by atoms with Crippen molar-refractivity contribution < 1.29 is 14.3 Å². The summed E-state index contributed by atoms with van der Waals surface area (Å²) < 4.78 is 4.77. The highest BCUT2D eigenvalue weighted by atomic mass is 16.5. The molecule has 0 radical (unpaired) electrons. The van der Waals surface area contributed by atoms with E-state index in [4.69, 9.17) is 10.5 Å². The number of benzene rings is 1. The average molecular weight is 476 g/mol. The second kappa shape index (κ2) is 10.9. The van der Waals surface area contributed by atoms with E-state index in [0.29, 0.717) is 18.2 Å². The summed E-state index contributed by atoms with van der Waals surface area (Å²) >= 11 is 0. The minimum absolute atomic E-state index is 0.00314. The van der Waals surface area contributed by atoms with E-state index in [-0.39, 0.29) is 12.5 Å². The standard InChI is InChI=1S/C25H29N7O3/c1-30(23(33)14-26)17-18-4-3-5-19(12-18)20-15-28-25(29-16-20)32-10-8-31(9-11-32)21-6-7-27-22(13-21)24(34)35-2/h3-7,12-13,15-16H,8-11,14,17,26H2,1-2H3. The number of ether oxygens (including phenoxy) is 1. The van der Waals surface area contributed by atoms with Gasteiger partial charge in [0, 0.05) is 69.6 Å². The van der Waals surface area contributed by atoms with Gasteiger partial charge in [0.2, 0.25) is 11.9 Å². The number of aromatic nitrogens is 3. The lowest BCUT2D eigenvalue weighted by molar-refractivity contribution is -0.128. The van der Waals surface area contributed by atoms with Crippen molar-refractivity contribution in [2.75, 3.05) is 56.7 Å². The smallest absolute Gasteiger partial charge is 0.356 e.